The number of amides is 2. The Morgan fingerprint density at radius 1 is 0.923 bits per heavy atom. The van der Waals surface area contributed by atoms with E-state index < -0.39 is 5.41 Å². The summed E-state index contributed by atoms with van der Waals surface area (Å²) in [5.74, 6) is -0.113. The normalized spacial score (nSPS) is 10.9. The molecule has 0 aliphatic rings. The van der Waals surface area contributed by atoms with E-state index in [4.69, 9.17) is 0 Å². The van der Waals surface area contributed by atoms with Crippen molar-refractivity contribution in [2.24, 2.45) is 5.41 Å². The number of carbonyl (C=O) groups is 2. The van der Waals surface area contributed by atoms with E-state index in [0.29, 0.717) is 12.2 Å². The van der Waals surface area contributed by atoms with E-state index in [1.54, 1.807) is 0 Å². The van der Waals surface area contributed by atoms with Gasteiger partial charge in [-0.2, -0.15) is 0 Å². The maximum atomic E-state index is 12.1. The molecule has 0 spiro atoms. The molecule has 0 unspecified atom stereocenters. The monoisotopic (exact) mass is 353 g/mol. The predicted octanol–water partition coefficient (Wildman–Crippen LogP) is 3.44. The molecule has 5 nitrogen and oxygen atoms in total. The van der Waals surface area contributed by atoms with Crippen molar-refractivity contribution in [3.05, 3.63) is 60.2 Å². The van der Waals surface area contributed by atoms with Gasteiger partial charge in [0.2, 0.25) is 11.8 Å². The number of rotatable bonds is 7. The first-order valence-electron chi connectivity index (χ1n) is 8.80. The molecule has 2 aromatic carbocycles. The minimum absolute atomic E-state index is 0.0479. The van der Waals surface area contributed by atoms with Gasteiger partial charge in [0.05, 0.1) is 6.54 Å². The Balaban J connectivity index is 1.77. The molecule has 2 rings (SSSR count). The second kappa shape index (κ2) is 9.04. The Hall–Kier alpha value is -2.82. The van der Waals surface area contributed by atoms with Crippen molar-refractivity contribution in [2.75, 3.05) is 23.7 Å². The summed E-state index contributed by atoms with van der Waals surface area (Å²) in [4.78, 5) is 24.0. The Morgan fingerprint density at radius 2 is 1.62 bits per heavy atom. The summed E-state index contributed by atoms with van der Waals surface area (Å²) in [6, 6.07) is 17.4. The van der Waals surface area contributed by atoms with Crippen LogP contribution in [0.15, 0.2) is 54.6 Å². The first-order valence-corrected chi connectivity index (χ1v) is 8.80. The van der Waals surface area contributed by atoms with Gasteiger partial charge in [-0.25, -0.2) is 0 Å². The van der Waals surface area contributed by atoms with Crippen LogP contribution in [0.25, 0.3) is 0 Å². The maximum absolute atomic E-state index is 12.1. The van der Waals surface area contributed by atoms with Gasteiger partial charge in [0, 0.05) is 23.3 Å². The number of benzene rings is 2. The van der Waals surface area contributed by atoms with Gasteiger partial charge in [-0.05, 0) is 30.2 Å². The van der Waals surface area contributed by atoms with Crippen LogP contribution < -0.4 is 16.0 Å². The molecule has 2 aromatic rings. The SMILES string of the molecule is CC(C)(C)C(=O)Nc1cccc(NCC(=O)NCCc2ccccc2)c1. The molecule has 26 heavy (non-hydrogen) atoms. The van der Waals surface area contributed by atoms with E-state index in [1.165, 1.54) is 5.56 Å². The molecule has 0 atom stereocenters. The lowest BCUT2D eigenvalue weighted by atomic mass is 9.95. The smallest absolute Gasteiger partial charge is 0.239 e. The van der Waals surface area contributed by atoms with Crippen LogP contribution in [0.1, 0.15) is 26.3 Å². The lowest BCUT2D eigenvalue weighted by molar-refractivity contribution is -0.123. The third kappa shape index (κ3) is 6.59. The standard InChI is InChI=1S/C21H27N3O2/c1-21(2,3)20(26)24-18-11-7-10-17(14-18)23-15-19(25)22-13-12-16-8-5-4-6-9-16/h4-11,14,23H,12-13,15H2,1-3H3,(H,22,25)(H,24,26). The summed E-state index contributed by atoms with van der Waals surface area (Å²) in [6.07, 6.45) is 0.806. The lowest BCUT2D eigenvalue weighted by Gasteiger charge is -2.18. The van der Waals surface area contributed by atoms with Crippen molar-refractivity contribution in [1.82, 2.24) is 5.32 Å². The fraction of sp³-hybridized carbons (Fsp3) is 0.333. The van der Waals surface area contributed by atoms with Crippen LogP contribution in [0, 0.1) is 5.41 Å². The van der Waals surface area contributed by atoms with Gasteiger partial charge in [-0.3, -0.25) is 9.59 Å². The van der Waals surface area contributed by atoms with Crippen LogP contribution in [-0.4, -0.2) is 24.9 Å². The van der Waals surface area contributed by atoms with Crippen LogP contribution in [0.5, 0.6) is 0 Å². The maximum Gasteiger partial charge on any atom is 0.239 e. The van der Waals surface area contributed by atoms with Gasteiger partial charge in [0.25, 0.3) is 0 Å². The third-order valence-corrected chi connectivity index (χ3v) is 3.83. The van der Waals surface area contributed by atoms with Crippen LogP contribution in [0.2, 0.25) is 0 Å². The Bertz CT molecular complexity index is 736. The molecule has 0 radical (unpaired) electrons. The highest BCUT2D eigenvalue weighted by molar-refractivity contribution is 5.95. The quantitative estimate of drug-likeness (QED) is 0.714. The molecule has 0 aliphatic heterocycles. The highest BCUT2D eigenvalue weighted by atomic mass is 16.2. The Labute approximate surface area is 155 Å². The Morgan fingerprint density at radius 3 is 2.31 bits per heavy atom. The number of hydrogen-bond donors (Lipinski definition) is 3. The molecule has 0 saturated carbocycles. The second-order valence-corrected chi connectivity index (χ2v) is 7.22. The molecule has 0 heterocycles. The minimum Gasteiger partial charge on any atom is -0.376 e. The molecular weight excluding hydrogens is 326 g/mol. The zero-order valence-electron chi connectivity index (χ0n) is 15.6. The summed E-state index contributed by atoms with van der Waals surface area (Å²) in [5.41, 5.74) is 2.24. The fourth-order valence-corrected chi connectivity index (χ4v) is 2.26. The first-order chi connectivity index (χ1) is 12.3. The van der Waals surface area contributed by atoms with E-state index in [1.807, 2.05) is 75.4 Å². The van der Waals surface area contributed by atoms with Crippen molar-refractivity contribution >= 4 is 23.2 Å². The van der Waals surface area contributed by atoms with Gasteiger partial charge < -0.3 is 16.0 Å². The highest BCUT2D eigenvalue weighted by Gasteiger charge is 2.21. The van der Waals surface area contributed by atoms with Crippen LogP contribution >= 0.6 is 0 Å². The predicted molar refractivity (Wildman–Crippen MR) is 106 cm³/mol. The summed E-state index contributed by atoms with van der Waals surface area (Å²) in [7, 11) is 0. The zero-order valence-corrected chi connectivity index (χ0v) is 15.6. The molecule has 0 bridgehead atoms. The van der Waals surface area contributed by atoms with E-state index >= 15 is 0 Å². The van der Waals surface area contributed by atoms with Crippen LogP contribution in [0.3, 0.4) is 0 Å². The first kappa shape index (κ1) is 19.5. The van der Waals surface area contributed by atoms with Gasteiger partial charge >= 0.3 is 0 Å². The molecular formula is C21H27N3O2. The summed E-state index contributed by atoms with van der Waals surface area (Å²) < 4.78 is 0. The largest absolute Gasteiger partial charge is 0.376 e. The molecule has 2 amide bonds. The fourth-order valence-electron chi connectivity index (χ4n) is 2.26. The molecule has 138 valence electrons. The average Bonchev–Trinajstić information content (AvgIpc) is 2.60. The third-order valence-electron chi connectivity index (χ3n) is 3.83. The topological polar surface area (TPSA) is 70.2 Å². The van der Waals surface area contributed by atoms with Crippen molar-refractivity contribution in [3.8, 4) is 0 Å². The van der Waals surface area contributed by atoms with Gasteiger partial charge in [-0.1, -0.05) is 57.2 Å². The summed E-state index contributed by atoms with van der Waals surface area (Å²) >= 11 is 0. The van der Waals surface area contributed by atoms with Crippen molar-refractivity contribution in [2.45, 2.75) is 27.2 Å². The van der Waals surface area contributed by atoms with Gasteiger partial charge in [0.1, 0.15) is 0 Å². The number of hydrogen-bond acceptors (Lipinski definition) is 3. The molecule has 3 N–H and O–H groups in total. The van der Waals surface area contributed by atoms with Crippen molar-refractivity contribution < 1.29 is 9.59 Å². The summed E-state index contributed by atoms with van der Waals surface area (Å²) in [6.45, 7) is 6.39. The van der Waals surface area contributed by atoms with E-state index in [9.17, 15) is 9.59 Å². The molecule has 5 heteroatoms. The number of nitrogens with one attached hydrogen (secondary N) is 3. The van der Waals surface area contributed by atoms with Crippen LogP contribution in [0.4, 0.5) is 11.4 Å². The minimum atomic E-state index is -0.456. The van der Waals surface area contributed by atoms with E-state index in [-0.39, 0.29) is 18.4 Å². The van der Waals surface area contributed by atoms with Gasteiger partial charge in [0.15, 0.2) is 0 Å². The van der Waals surface area contributed by atoms with E-state index in [2.05, 4.69) is 16.0 Å². The Kier molecular flexibility index (Phi) is 6.78. The molecule has 0 saturated heterocycles. The molecule has 0 aromatic heterocycles. The van der Waals surface area contributed by atoms with E-state index in [0.717, 1.165) is 12.1 Å². The van der Waals surface area contributed by atoms with Gasteiger partial charge in [-0.15, -0.1) is 0 Å². The molecule has 0 aliphatic carbocycles. The lowest BCUT2D eigenvalue weighted by Crippen LogP contribution is -2.31. The van der Waals surface area contributed by atoms with Crippen LogP contribution in [-0.2, 0) is 16.0 Å². The summed E-state index contributed by atoms with van der Waals surface area (Å²) in [5, 5.41) is 8.86. The number of carbonyl (C=O) groups excluding carboxylic acids is 2. The van der Waals surface area contributed by atoms with Crippen molar-refractivity contribution in [1.29, 1.82) is 0 Å². The average molecular weight is 353 g/mol. The second-order valence-electron chi connectivity index (χ2n) is 7.22. The van der Waals surface area contributed by atoms with Crippen molar-refractivity contribution in [3.63, 3.8) is 0 Å². The highest BCUT2D eigenvalue weighted by Crippen LogP contribution is 2.19. The number of anilines is 2. The molecule has 0 fully saturated rings. The zero-order chi connectivity index (χ0) is 19.0.